The number of carbonyl (C=O) groups is 2. The quantitative estimate of drug-likeness (QED) is 0.192. The molecular weight excluding hydrogens is 340 g/mol. The predicted molar refractivity (Wildman–Crippen MR) is 82.7 cm³/mol. The minimum absolute atomic E-state index is 0.0501. The van der Waals surface area contributed by atoms with Crippen molar-refractivity contribution in [1.82, 2.24) is 0 Å². The summed E-state index contributed by atoms with van der Waals surface area (Å²) in [6.07, 6.45) is 0.857. The first-order chi connectivity index (χ1) is 11.7. The van der Waals surface area contributed by atoms with E-state index < -0.39 is 44.5 Å². The van der Waals surface area contributed by atoms with E-state index in [1.807, 2.05) is 0 Å². The van der Waals surface area contributed by atoms with E-state index >= 15 is 0 Å². The summed E-state index contributed by atoms with van der Waals surface area (Å²) in [7, 11) is 0. The van der Waals surface area contributed by atoms with Gasteiger partial charge < -0.3 is 14.6 Å². The van der Waals surface area contributed by atoms with Crippen LogP contribution >= 0.6 is 0 Å². The van der Waals surface area contributed by atoms with Gasteiger partial charge in [-0.05, 0) is 25.5 Å². The number of esters is 2. The summed E-state index contributed by atoms with van der Waals surface area (Å²) in [5.74, 6) is -3.25. The molecule has 0 amide bonds. The van der Waals surface area contributed by atoms with Crippen LogP contribution in [0.5, 0.6) is 5.75 Å². The first-order valence-corrected chi connectivity index (χ1v) is 6.94. The minimum Gasteiger partial charge on any atom is -0.497 e. The van der Waals surface area contributed by atoms with Crippen molar-refractivity contribution in [2.24, 2.45) is 0 Å². The van der Waals surface area contributed by atoms with Crippen molar-refractivity contribution in [1.29, 1.82) is 0 Å². The first-order valence-electron chi connectivity index (χ1n) is 6.94. The fourth-order valence-electron chi connectivity index (χ4n) is 1.77. The van der Waals surface area contributed by atoms with Gasteiger partial charge in [-0.1, -0.05) is 0 Å². The number of nitro benzene ring substituents is 2. The normalized spacial score (nSPS) is 9.84. The third-order valence-electron chi connectivity index (χ3n) is 2.79. The lowest BCUT2D eigenvalue weighted by molar-refractivity contribution is -0.396. The molecular formula is C14H14N2O9. The summed E-state index contributed by atoms with van der Waals surface area (Å²) in [6.45, 7) is 2.89. The number of phenolic OH excluding ortho intramolecular Hbond substituents is 1. The molecule has 1 aromatic rings. The van der Waals surface area contributed by atoms with Crippen molar-refractivity contribution in [2.45, 2.75) is 13.8 Å². The highest BCUT2D eigenvalue weighted by Crippen LogP contribution is 2.37. The van der Waals surface area contributed by atoms with E-state index in [-0.39, 0.29) is 18.8 Å². The van der Waals surface area contributed by atoms with Gasteiger partial charge >= 0.3 is 23.3 Å². The molecule has 0 aliphatic carbocycles. The van der Waals surface area contributed by atoms with Crippen LogP contribution in [0.15, 0.2) is 17.7 Å². The van der Waals surface area contributed by atoms with E-state index in [0.29, 0.717) is 0 Å². The van der Waals surface area contributed by atoms with Crippen LogP contribution in [0.2, 0.25) is 0 Å². The van der Waals surface area contributed by atoms with E-state index in [2.05, 4.69) is 0 Å². The zero-order valence-corrected chi connectivity index (χ0v) is 13.3. The van der Waals surface area contributed by atoms with Gasteiger partial charge in [0.05, 0.1) is 23.1 Å². The number of ether oxygens (including phenoxy) is 2. The van der Waals surface area contributed by atoms with E-state index in [9.17, 15) is 34.9 Å². The Kier molecular flexibility index (Phi) is 6.55. The molecule has 0 fully saturated rings. The monoisotopic (exact) mass is 354 g/mol. The van der Waals surface area contributed by atoms with Crippen LogP contribution in [-0.4, -0.2) is 40.1 Å². The first kappa shape index (κ1) is 19.5. The predicted octanol–water partition coefficient (Wildman–Crippen LogP) is 1.72. The Morgan fingerprint density at radius 3 is 1.76 bits per heavy atom. The molecule has 134 valence electrons. The van der Waals surface area contributed by atoms with Crippen LogP contribution in [0.4, 0.5) is 11.4 Å². The number of aromatic hydroxyl groups is 1. The summed E-state index contributed by atoms with van der Waals surface area (Å²) in [5, 5.41) is 31.4. The molecule has 0 saturated carbocycles. The van der Waals surface area contributed by atoms with Gasteiger partial charge in [-0.3, -0.25) is 20.2 Å². The fourth-order valence-corrected chi connectivity index (χ4v) is 1.77. The summed E-state index contributed by atoms with van der Waals surface area (Å²) >= 11 is 0. The van der Waals surface area contributed by atoms with Gasteiger partial charge in [0, 0.05) is 12.1 Å². The van der Waals surface area contributed by atoms with Crippen molar-refractivity contribution in [3.05, 3.63) is 43.5 Å². The van der Waals surface area contributed by atoms with Gasteiger partial charge in [0.25, 0.3) is 5.75 Å². The van der Waals surface area contributed by atoms with Crippen molar-refractivity contribution in [3.63, 3.8) is 0 Å². The maximum atomic E-state index is 11.9. The standard InChI is InChI=1S/C14H14N2O9/c1-3-24-13(18)9(14(19)25-4-2)5-8-6-10(15(20)21)12(17)11(7-8)16(22)23/h5-7,17H,3-4H2,1-2H3. The molecule has 0 aromatic heterocycles. The topological polar surface area (TPSA) is 159 Å². The largest absolute Gasteiger partial charge is 0.497 e. The lowest BCUT2D eigenvalue weighted by Gasteiger charge is -2.07. The third-order valence-corrected chi connectivity index (χ3v) is 2.79. The highest BCUT2D eigenvalue weighted by atomic mass is 16.6. The lowest BCUT2D eigenvalue weighted by Crippen LogP contribution is -2.18. The molecule has 1 aromatic carbocycles. The molecule has 11 nitrogen and oxygen atoms in total. The number of carbonyl (C=O) groups excluding carboxylic acids is 2. The van der Waals surface area contributed by atoms with Gasteiger partial charge in [0.15, 0.2) is 0 Å². The number of phenols is 1. The van der Waals surface area contributed by atoms with Crippen LogP contribution in [0, 0.1) is 20.2 Å². The number of hydrogen-bond acceptors (Lipinski definition) is 9. The maximum Gasteiger partial charge on any atom is 0.345 e. The Labute approximate surface area is 140 Å². The Morgan fingerprint density at radius 1 is 1.04 bits per heavy atom. The van der Waals surface area contributed by atoms with Gasteiger partial charge in [-0.2, -0.15) is 0 Å². The molecule has 11 heteroatoms. The number of hydrogen-bond donors (Lipinski definition) is 1. The summed E-state index contributed by atoms with van der Waals surface area (Å²) in [4.78, 5) is 43.5. The zero-order valence-electron chi connectivity index (χ0n) is 13.3. The summed E-state index contributed by atoms with van der Waals surface area (Å²) in [6, 6.07) is 1.56. The number of rotatable bonds is 7. The molecule has 0 aliphatic rings. The average Bonchev–Trinajstić information content (AvgIpc) is 2.53. The van der Waals surface area contributed by atoms with Crippen LogP contribution in [-0.2, 0) is 19.1 Å². The number of nitrogens with zero attached hydrogens (tertiary/aromatic N) is 2. The van der Waals surface area contributed by atoms with Crippen LogP contribution in [0.1, 0.15) is 19.4 Å². The van der Waals surface area contributed by atoms with Crippen molar-refractivity contribution in [2.75, 3.05) is 13.2 Å². The Bertz CT molecular complexity index is 700. The fraction of sp³-hybridized carbons (Fsp3) is 0.286. The Morgan fingerprint density at radius 2 is 1.44 bits per heavy atom. The second-order valence-corrected chi connectivity index (χ2v) is 4.42. The molecule has 1 rings (SSSR count). The molecule has 0 heterocycles. The number of benzene rings is 1. The average molecular weight is 354 g/mol. The highest BCUT2D eigenvalue weighted by molar-refractivity contribution is 6.17. The number of nitro groups is 2. The minimum atomic E-state index is -1.14. The summed E-state index contributed by atoms with van der Waals surface area (Å²) in [5.41, 5.74) is -2.73. The van der Waals surface area contributed by atoms with E-state index in [0.717, 1.165) is 18.2 Å². The molecule has 25 heavy (non-hydrogen) atoms. The Balaban J connectivity index is 3.55. The SMILES string of the molecule is CCOC(=O)C(=Cc1cc([N+](=O)[O-])c(O)c([N+](=O)[O-])c1)C(=O)OCC. The van der Waals surface area contributed by atoms with Crippen molar-refractivity contribution >= 4 is 29.4 Å². The van der Waals surface area contributed by atoms with Gasteiger partial charge in [-0.15, -0.1) is 0 Å². The van der Waals surface area contributed by atoms with E-state index in [1.165, 1.54) is 13.8 Å². The molecule has 1 N–H and O–H groups in total. The molecule has 0 bridgehead atoms. The van der Waals surface area contributed by atoms with E-state index in [1.54, 1.807) is 0 Å². The molecule has 0 saturated heterocycles. The molecule has 0 unspecified atom stereocenters. The van der Waals surface area contributed by atoms with Gasteiger partial charge in [0.1, 0.15) is 5.57 Å². The molecule has 0 atom stereocenters. The molecule has 0 spiro atoms. The third kappa shape index (κ3) is 4.73. The Hall–Kier alpha value is -3.50. The van der Waals surface area contributed by atoms with Crippen molar-refractivity contribution < 1.29 is 34.0 Å². The lowest BCUT2D eigenvalue weighted by atomic mass is 10.1. The zero-order chi connectivity index (χ0) is 19.1. The smallest absolute Gasteiger partial charge is 0.345 e. The highest BCUT2D eigenvalue weighted by Gasteiger charge is 2.27. The summed E-state index contributed by atoms with van der Waals surface area (Å²) < 4.78 is 9.40. The van der Waals surface area contributed by atoms with Crippen LogP contribution in [0.25, 0.3) is 6.08 Å². The molecule has 0 radical (unpaired) electrons. The van der Waals surface area contributed by atoms with E-state index in [4.69, 9.17) is 9.47 Å². The van der Waals surface area contributed by atoms with Crippen LogP contribution in [0.3, 0.4) is 0 Å². The second-order valence-electron chi connectivity index (χ2n) is 4.42. The van der Waals surface area contributed by atoms with Crippen LogP contribution < -0.4 is 0 Å². The van der Waals surface area contributed by atoms with Crippen molar-refractivity contribution in [3.8, 4) is 5.75 Å². The van der Waals surface area contributed by atoms with Gasteiger partial charge in [-0.25, -0.2) is 9.59 Å². The second kappa shape index (κ2) is 8.38. The molecule has 0 aliphatic heterocycles. The maximum absolute atomic E-state index is 11.9. The van der Waals surface area contributed by atoms with Gasteiger partial charge in [0.2, 0.25) is 0 Å².